The van der Waals surface area contributed by atoms with Gasteiger partial charge in [-0.1, -0.05) is 53.8 Å². The molecule has 0 aliphatic heterocycles. The normalized spacial score (nSPS) is 14.0. The van der Waals surface area contributed by atoms with Crippen molar-refractivity contribution in [3.8, 4) is 17.4 Å². The molecule has 0 radical (unpaired) electrons. The van der Waals surface area contributed by atoms with Gasteiger partial charge in [-0.15, -0.1) is 0 Å². The van der Waals surface area contributed by atoms with Crippen LogP contribution in [0.2, 0.25) is 0 Å². The molecule has 6 nitrogen and oxygen atoms in total. The third-order valence-corrected chi connectivity index (χ3v) is 5.66. The first kappa shape index (κ1) is 19.7. The Bertz CT molecular complexity index is 1220. The molecule has 0 fully saturated rings. The molecule has 0 spiro atoms. The van der Waals surface area contributed by atoms with Gasteiger partial charge in [0.05, 0.1) is 18.5 Å². The molecule has 30 heavy (non-hydrogen) atoms. The minimum atomic E-state index is -0.324. The number of nitrogens with zero attached hydrogens (tertiary/aromatic N) is 1. The maximum Gasteiger partial charge on any atom is 0.310 e. The number of allylic oxidation sites excluding steroid dienone is 2. The van der Waals surface area contributed by atoms with Gasteiger partial charge in [0, 0.05) is 5.57 Å². The van der Waals surface area contributed by atoms with Crippen molar-refractivity contribution in [2.75, 3.05) is 13.7 Å². The van der Waals surface area contributed by atoms with Crippen LogP contribution in [0.25, 0.3) is 17.7 Å². The lowest BCUT2D eigenvalue weighted by molar-refractivity contribution is -0.109. The molecule has 0 saturated carbocycles. The van der Waals surface area contributed by atoms with Crippen LogP contribution in [-0.2, 0) is 11.3 Å². The molecule has 1 aliphatic rings. The molecule has 7 heteroatoms. The van der Waals surface area contributed by atoms with Crippen LogP contribution < -0.4 is 14.3 Å². The Morgan fingerprint density at radius 2 is 1.77 bits per heavy atom. The van der Waals surface area contributed by atoms with Crippen LogP contribution in [0.3, 0.4) is 0 Å². The molecule has 1 aliphatic carbocycles. The molecular formula is C23H19NO5S. The number of thiazole rings is 1. The molecule has 3 aromatic rings. The number of ether oxygens (including phenoxy) is 2. The summed E-state index contributed by atoms with van der Waals surface area (Å²) < 4.78 is 12.2. The second-order valence-corrected chi connectivity index (χ2v) is 7.54. The first-order valence-corrected chi connectivity index (χ1v) is 10.1. The molecule has 1 N–H and O–H groups in total. The van der Waals surface area contributed by atoms with Crippen molar-refractivity contribution in [2.45, 2.75) is 6.54 Å². The smallest absolute Gasteiger partial charge is 0.310 e. The van der Waals surface area contributed by atoms with E-state index in [0.29, 0.717) is 21.9 Å². The maximum atomic E-state index is 12.4. The predicted octanol–water partition coefficient (Wildman–Crippen LogP) is 3.84. The van der Waals surface area contributed by atoms with E-state index in [1.165, 1.54) is 10.6 Å². The summed E-state index contributed by atoms with van der Waals surface area (Å²) in [5.74, 6) is 0.801. The molecule has 0 unspecified atom stereocenters. The number of carbonyl (C=O) groups is 1. The van der Waals surface area contributed by atoms with Crippen molar-refractivity contribution in [2.24, 2.45) is 0 Å². The third kappa shape index (κ3) is 3.79. The molecular weight excluding hydrogens is 402 g/mol. The zero-order valence-electron chi connectivity index (χ0n) is 16.2. The van der Waals surface area contributed by atoms with Gasteiger partial charge in [-0.25, -0.2) is 0 Å². The summed E-state index contributed by atoms with van der Waals surface area (Å²) in [7, 11) is 1.55. The first-order valence-electron chi connectivity index (χ1n) is 9.30. The molecule has 1 heterocycles. The van der Waals surface area contributed by atoms with Gasteiger partial charge in [0.1, 0.15) is 6.61 Å². The van der Waals surface area contributed by atoms with Gasteiger partial charge in [0.25, 0.3) is 0 Å². The monoisotopic (exact) mass is 421 g/mol. The maximum absolute atomic E-state index is 12.4. The van der Waals surface area contributed by atoms with E-state index < -0.39 is 0 Å². The Hall–Kier alpha value is -3.58. The Labute approximate surface area is 176 Å². The van der Waals surface area contributed by atoms with Gasteiger partial charge < -0.3 is 14.6 Å². The number of benzene rings is 2. The molecule has 0 bridgehead atoms. The Morgan fingerprint density at radius 3 is 2.57 bits per heavy atom. The van der Waals surface area contributed by atoms with E-state index in [2.05, 4.69) is 0 Å². The van der Waals surface area contributed by atoms with E-state index >= 15 is 0 Å². The number of hydrogen-bond donors (Lipinski definition) is 1. The fourth-order valence-electron chi connectivity index (χ4n) is 3.25. The highest BCUT2D eigenvalue weighted by Gasteiger charge is 2.20. The lowest BCUT2D eigenvalue weighted by Crippen LogP contribution is -2.17. The van der Waals surface area contributed by atoms with Crippen molar-refractivity contribution in [3.63, 3.8) is 0 Å². The fourth-order valence-corrected chi connectivity index (χ4v) is 4.10. The number of methoxy groups -OCH3 is 1. The minimum Gasteiger partial charge on any atom is -0.493 e. The SMILES string of the molecule is COc1ccccc1OCCn1c(O)c(/C=C2\C(=O)C=Cc3ccccc32)sc1=O. The van der Waals surface area contributed by atoms with Crippen LogP contribution in [0.1, 0.15) is 16.0 Å². The van der Waals surface area contributed by atoms with Crippen LogP contribution in [-0.4, -0.2) is 29.2 Å². The average molecular weight is 421 g/mol. The number of aromatic nitrogens is 1. The average Bonchev–Trinajstić information content (AvgIpc) is 3.03. The number of carbonyl (C=O) groups excluding carboxylic acids is 1. The molecule has 4 rings (SSSR count). The fraction of sp³-hybridized carbons (Fsp3) is 0.130. The zero-order chi connectivity index (χ0) is 21.1. The first-order chi connectivity index (χ1) is 14.6. The molecule has 152 valence electrons. The molecule has 0 amide bonds. The highest BCUT2D eigenvalue weighted by Crippen LogP contribution is 2.32. The van der Waals surface area contributed by atoms with Gasteiger partial charge in [-0.05, 0) is 35.4 Å². The largest absolute Gasteiger partial charge is 0.493 e. The predicted molar refractivity (Wildman–Crippen MR) is 117 cm³/mol. The summed E-state index contributed by atoms with van der Waals surface area (Å²) in [6.07, 6.45) is 4.83. The van der Waals surface area contributed by atoms with E-state index in [0.717, 1.165) is 22.5 Å². The van der Waals surface area contributed by atoms with Crippen molar-refractivity contribution in [1.29, 1.82) is 0 Å². The second kappa shape index (κ2) is 8.42. The van der Waals surface area contributed by atoms with Crippen LogP contribution in [0.5, 0.6) is 17.4 Å². The summed E-state index contributed by atoms with van der Waals surface area (Å²) in [4.78, 5) is 24.8. The van der Waals surface area contributed by atoms with Crippen LogP contribution in [0.15, 0.2) is 59.4 Å². The van der Waals surface area contributed by atoms with E-state index in [4.69, 9.17) is 9.47 Å². The van der Waals surface area contributed by atoms with Crippen molar-refractivity contribution < 1.29 is 19.4 Å². The quantitative estimate of drug-likeness (QED) is 0.612. The van der Waals surface area contributed by atoms with E-state index in [1.54, 1.807) is 31.4 Å². The van der Waals surface area contributed by atoms with E-state index in [1.807, 2.05) is 36.4 Å². The minimum absolute atomic E-state index is 0.160. The zero-order valence-corrected chi connectivity index (χ0v) is 17.0. The summed E-state index contributed by atoms with van der Waals surface area (Å²) in [6.45, 7) is 0.331. The number of para-hydroxylation sites is 2. The van der Waals surface area contributed by atoms with Gasteiger partial charge in [0.15, 0.2) is 17.3 Å². The third-order valence-electron chi connectivity index (χ3n) is 4.74. The summed E-state index contributed by atoms with van der Waals surface area (Å²) in [6, 6.07) is 14.7. The van der Waals surface area contributed by atoms with E-state index in [-0.39, 0.29) is 29.7 Å². The molecule has 0 saturated heterocycles. The van der Waals surface area contributed by atoms with Crippen molar-refractivity contribution in [1.82, 2.24) is 4.57 Å². The number of aromatic hydroxyl groups is 1. The number of ketones is 1. The van der Waals surface area contributed by atoms with Gasteiger partial charge in [-0.2, -0.15) is 0 Å². The summed E-state index contributed by atoms with van der Waals surface area (Å²) >= 11 is 0.890. The van der Waals surface area contributed by atoms with Gasteiger partial charge >= 0.3 is 4.87 Å². The number of rotatable bonds is 6. The Morgan fingerprint density at radius 1 is 1.03 bits per heavy atom. The van der Waals surface area contributed by atoms with Gasteiger partial charge in [0.2, 0.25) is 5.88 Å². The molecule has 1 aromatic heterocycles. The lowest BCUT2D eigenvalue weighted by Gasteiger charge is -2.12. The van der Waals surface area contributed by atoms with Crippen molar-refractivity contribution in [3.05, 3.63) is 80.3 Å². The topological polar surface area (TPSA) is 77.8 Å². The van der Waals surface area contributed by atoms with E-state index in [9.17, 15) is 14.7 Å². The van der Waals surface area contributed by atoms with Crippen LogP contribution in [0.4, 0.5) is 0 Å². The van der Waals surface area contributed by atoms with Crippen LogP contribution in [0, 0.1) is 0 Å². The highest BCUT2D eigenvalue weighted by atomic mass is 32.1. The van der Waals surface area contributed by atoms with Crippen LogP contribution >= 0.6 is 11.3 Å². The molecule has 0 atom stereocenters. The second-order valence-electron chi connectivity index (χ2n) is 6.55. The lowest BCUT2D eigenvalue weighted by atomic mass is 9.91. The van der Waals surface area contributed by atoms with Gasteiger partial charge in [-0.3, -0.25) is 14.2 Å². The molecule has 2 aromatic carbocycles. The summed E-state index contributed by atoms with van der Waals surface area (Å²) in [5, 5.41) is 10.6. The number of hydrogen-bond acceptors (Lipinski definition) is 6. The van der Waals surface area contributed by atoms with Crippen molar-refractivity contribution >= 4 is 34.8 Å². The highest BCUT2D eigenvalue weighted by molar-refractivity contribution is 7.10. The number of fused-ring (bicyclic) bond motifs is 1. The Balaban J connectivity index is 1.57. The summed E-state index contributed by atoms with van der Waals surface area (Å²) in [5.41, 5.74) is 2.14. The standard InChI is InChI=1S/C23H19NO5S/c1-28-19-8-4-5-9-20(19)29-13-12-24-22(26)21(30-23(24)27)14-17-16-7-3-2-6-15(16)10-11-18(17)25/h2-11,14,26H,12-13H2,1H3/b17-14-. The Kier molecular flexibility index (Phi) is 5.54.